The van der Waals surface area contributed by atoms with Crippen molar-refractivity contribution in [2.75, 3.05) is 13.7 Å². The van der Waals surface area contributed by atoms with Gasteiger partial charge in [0.15, 0.2) is 10.8 Å². The lowest BCUT2D eigenvalue weighted by atomic mass is 10.3. The second-order valence-electron chi connectivity index (χ2n) is 4.77. The minimum absolute atomic E-state index is 0.0750. The minimum Gasteiger partial charge on any atom is -0.467 e. The fraction of sp³-hybridized carbons (Fsp3) is 0.286. The van der Waals surface area contributed by atoms with Crippen LogP contribution in [0.1, 0.15) is 16.3 Å². The number of thiazole rings is 1. The second-order valence-corrected chi connectivity index (χ2v) is 5.63. The van der Waals surface area contributed by atoms with Crippen LogP contribution in [0.15, 0.2) is 23.8 Å². The Balaban J connectivity index is 1.55. The van der Waals surface area contributed by atoms with Gasteiger partial charge >= 0.3 is 6.01 Å². The van der Waals surface area contributed by atoms with E-state index in [1.807, 2.05) is 5.38 Å². The van der Waals surface area contributed by atoms with E-state index in [9.17, 15) is 4.79 Å². The number of nitrogens with zero attached hydrogens (tertiary/aromatic N) is 6. The predicted molar refractivity (Wildman–Crippen MR) is 86.7 cm³/mol. The minimum atomic E-state index is -0.351. The van der Waals surface area contributed by atoms with Gasteiger partial charge < -0.3 is 10.1 Å². The molecule has 3 rings (SSSR count). The predicted octanol–water partition coefficient (Wildman–Crippen LogP) is 0.710. The van der Waals surface area contributed by atoms with Gasteiger partial charge in [-0.25, -0.2) is 19.6 Å². The molecule has 9 nitrogen and oxygen atoms in total. The summed E-state index contributed by atoms with van der Waals surface area (Å²) in [7, 11) is 3.13. The number of ether oxygens (including phenoxy) is 1. The van der Waals surface area contributed by atoms with Crippen molar-refractivity contribution in [1.29, 1.82) is 0 Å². The van der Waals surface area contributed by atoms with E-state index in [-0.39, 0.29) is 17.7 Å². The zero-order valence-electron chi connectivity index (χ0n) is 13.1. The molecule has 0 aliphatic heterocycles. The van der Waals surface area contributed by atoms with E-state index in [1.54, 1.807) is 25.5 Å². The van der Waals surface area contributed by atoms with Crippen LogP contribution in [0.2, 0.25) is 0 Å². The average Bonchev–Trinajstić information content (AvgIpc) is 3.22. The van der Waals surface area contributed by atoms with Crippen molar-refractivity contribution in [2.24, 2.45) is 7.05 Å². The van der Waals surface area contributed by atoms with Crippen molar-refractivity contribution in [1.82, 2.24) is 35.0 Å². The Bertz CT molecular complexity index is 831. The fourth-order valence-electron chi connectivity index (χ4n) is 1.96. The van der Waals surface area contributed by atoms with Gasteiger partial charge in [-0.15, -0.1) is 16.4 Å². The number of aryl methyl sites for hydroxylation is 1. The van der Waals surface area contributed by atoms with Crippen molar-refractivity contribution in [2.45, 2.75) is 6.42 Å². The Morgan fingerprint density at radius 2 is 2.12 bits per heavy atom. The first-order chi connectivity index (χ1) is 11.7. The summed E-state index contributed by atoms with van der Waals surface area (Å²) in [4.78, 5) is 28.8. The van der Waals surface area contributed by atoms with Crippen LogP contribution in [0.4, 0.5) is 0 Å². The van der Waals surface area contributed by atoms with E-state index in [4.69, 9.17) is 4.74 Å². The first-order valence-corrected chi connectivity index (χ1v) is 8.00. The third-order valence-corrected chi connectivity index (χ3v) is 3.97. The summed E-state index contributed by atoms with van der Waals surface area (Å²) in [5.74, 6) is 0.323. The van der Waals surface area contributed by atoms with E-state index in [1.165, 1.54) is 23.1 Å². The lowest BCUT2D eigenvalue weighted by molar-refractivity contribution is 0.0943. The molecule has 3 aromatic heterocycles. The van der Waals surface area contributed by atoms with Gasteiger partial charge in [-0.2, -0.15) is 4.98 Å². The number of carbonyl (C=O) groups is 1. The van der Waals surface area contributed by atoms with E-state index < -0.39 is 0 Å². The summed E-state index contributed by atoms with van der Waals surface area (Å²) in [6.45, 7) is 0.429. The Labute approximate surface area is 141 Å². The first kappa shape index (κ1) is 16.0. The molecule has 0 aliphatic carbocycles. The largest absolute Gasteiger partial charge is 0.467 e. The fourth-order valence-corrected chi connectivity index (χ4v) is 2.76. The molecule has 0 aromatic carbocycles. The van der Waals surface area contributed by atoms with Crippen LogP contribution in [0.25, 0.3) is 10.8 Å². The van der Waals surface area contributed by atoms with Crippen LogP contribution in [0, 0.1) is 0 Å². The molecule has 0 unspecified atom stereocenters. The molecular formula is C14H15N7O2S. The second kappa shape index (κ2) is 7.13. The number of methoxy groups -OCH3 is 1. The highest BCUT2D eigenvalue weighted by Crippen LogP contribution is 2.19. The molecule has 1 amide bonds. The summed E-state index contributed by atoms with van der Waals surface area (Å²) in [6.07, 6.45) is 3.95. The maximum Gasteiger partial charge on any atom is 0.314 e. The Morgan fingerprint density at radius 1 is 1.33 bits per heavy atom. The standard InChI is InChI=1S/C14H15N7O2S/c1-21-14(23-2)19-10(20-21)12(22)17-7-4-9-8-24-13(18-9)11-15-5-3-6-16-11/h3,5-6,8H,4,7H2,1-2H3,(H,17,22). The summed E-state index contributed by atoms with van der Waals surface area (Å²) in [5.41, 5.74) is 0.870. The van der Waals surface area contributed by atoms with Crippen LogP contribution < -0.4 is 10.1 Å². The lowest BCUT2D eigenvalue weighted by Crippen LogP contribution is -2.27. The molecule has 1 N–H and O–H groups in total. The van der Waals surface area contributed by atoms with Gasteiger partial charge in [0.1, 0.15) is 0 Å². The number of hydrogen-bond donors (Lipinski definition) is 1. The highest BCUT2D eigenvalue weighted by Gasteiger charge is 2.15. The number of carbonyl (C=O) groups excluding carboxylic acids is 1. The zero-order valence-corrected chi connectivity index (χ0v) is 13.9. The number of amides is 1. The number of nitrogens with one attached hydrogen (secondary N) is 1. The van der Waals surface area contributed by atoms with E-state index in [0.717, 1.165) is 10.7 Å². The van der Waals surface area contributed by atoms with E-state index >= 15 is 0 Å². The highest BCUT2D eigenvalue weighted by molar-refractivity contribution is 7.13. The molecule has 124 valence electrons. The van der Waals surface area contributed by atoms with Crippen LogP contribution in [0.5, 0.6) is 6.01 Å². The quantitative estimate of drug-likeness (QED) is 0.701. The van der Waals surface area contributed by atoms with Crippen molar-refractivity contribution in [3.05, 3.63) is 35.4 Å². The van der Waals surface area contributed by atoms with Crippen molar-refractivity contribution < 1.29 is 9.53 Å². The van der Waals surface area contributed by atoms with Crippen molar-refractivity contribution in [3.63, 3.8) is 0 Å². The van der Waals surface area contributed by atoms with Gasteiger partial charge in [-0.3, -0.25) is 4.79 Å². The van der Waals surface area contributed by atoms with Gasteiger partial charge in [0.25, 0.3) is 5.91 Å². The van der Waals surface area contributed by atoms with Crippen LogP contribution in [0.3, 0.4) is 0 Å². The van der Waals surface area contributed by atoms with E-state index in [2.05, 4.69) is 30.4 Å². The number of aromatic nitrogens is 6. The van der Waals surface area contributed by atoms with Crippen LogP contribution >= 0.6 is 11.3 Å². The monoisotopic (exact) mass is 345 g/mol. The highest BCUT2D eigenvalue weighted by atomic mass is 32.1. The SMILES string of the molecule is COc1nc(C(=O)NCCc2csc(-c3ncccn3)n2)nn1C. The van der Waals surface area contributed by atoms with Crippen molar-refractivity contribution >= 4 is 17.2 Å². The molecule has 24 heavy (non-hydrogen) atoms. The molecule has 3 heterocycles. The molecule has 0 atom stereocenters. The Hall–Kier alpha value is -2.88. The first-order valence-electron chi connectivity index (χ1n) is 7.12. The molecule has 0 saturated carbocycles. The van der Waals surface area contributed by atoms with Gasteiger partial charge in [0.2, 0.25) is 5.82 Å². The van der Waals surface area contributed by atoms with Gasteiger partial charge in [0.05, 0.1) is 12.8 Å². The summed E-state index contributed by atoms with van der Waals surface area (Å²) >= 11 is 1.47. The van der Waals surface area contributed by atoms with Crippen molar-refractivity contribution in [3.8, 4) is 16.8 Å². The molecule has 0 aliphatic rings. The van der Waals surface area contributed by atoms with Gasteiger partial charge in [-0.1, -0.05) is 0 Å². The van der Waals surface area contributed by atoms with Crippen LogP contribution in [-0.2, 0) is 13.5 Å². The Morgan fingerprint density at radius 3 is 2.83 bits per heavy atom. The molecule has 0 radical (unpaired) electrons. The molecule has 0 saturated heterocycles. The maximum absolute atomic E-state index is 12.0. The molecule has 10 heteroatoms. The maximum atomic E-state index is 12.0. The van der Waals surface area contributed by atoms with Crippen LogP contribution in [-0.4, -0.2) is 49.3 Å². The average molecular weight is 345 g/mol. The molecule has 0 spiro atoms. The summed E-state index contributed by atoms with van der Waals surface area (Å²) in [5, 5.41) is 9.44. The molecular weight excluding hydrogens is 330 g/mol. The van der Waals surface area contributed by atoms with Gasteiger partial charge in [-0.05, 0) is 6.07 Å². The molecule has 0 bridgehead atoms. The zero-order chi connectivity index (χ0) is 16.9. The summed E-state index contributed by atoms with van der Waals surface area (Å²) < 4.78 is 6.39. The van der Waals surface area contributed by atoms with E-state index in [0.29, 0.717) is 18.8 Å². The number of rotatable bonds is 6. The lowest BCUT2D eigenvalue weighted by Gasteiger charge is -2.00. The topological polar surface area (TPSA) is 108 Å². The number of hydrogen-bond acceptors (Lipinski definition) is 8. The third kappa shape index (κ3) is 3.54. The molecule has 0 fully saturated rings. The van der Waals surface area contributed by atoms with Gasteiger partial charge in [0, 0.05) is 37.8 Å². The normalized spacial score (nSPS) is 10.6. The Kier molecular flexibility index (Phi) is 4.75. The summed E-state index contributed by atoms with van der Waals surface area (Å²) in [6, 6.07) is 2.04. The third-order valence-electron chi connectivity index (χ3n) is 3.08. The smallest absolute Gasteiger partial charge is 0.314 e. The molecule has 3 aromatic rings.